The van der Waals surface area contributed by atoms with Crippen molar-refractivity contribution >= 4 is 13.5 Å². The molecule has 3 atom stereocenters. The number of nitro groups is 1. The molecule has 1 saturated heterocycles. The van der Waals surface area contributed by atoms with Crippen molar-refractivity contribution in [1.82, 2.24) is 9.55 Å². The maximum absolute atomic E-state index is 12.2. The summed E-state index contributed by atoms with van der Waals surface area (Å²) in [6.45, 7) is -0.602. The van der Waals surface area contributed by atoms with Crippen LogP contribution in [0.2, 0.25) is 0 Å². The maximum Gasteiger partial charge on any atom is 0.469 e. The Morgan fingerprint density at radius 1 is 1.31 bits per heavy atom. The molecule has 1 aliphatic heterocycles. The minimum Gasteiger partial charge on any atom is -0.390 e. The van der Waals surface area contributed by atoms with Crippen LogP contribution >= 0.6 is 7.82 Å². The number of rotatable bonds is 6. The predicted molar refractivity (Wildman–Crippen MR) is 95.9 cm³/mol. The van der Waals surface area contributed by atoms with Crippen LogP contribution in [-0.2, 0) is 13.8 Å². The number of H-pyrrole nitrogens is 1. The van der Waals surface area contributed by atoms with Gasteiger partial charge >= 0.3 is 13.5 Å². The number of aromatic nitrogens is 2. The van der Waals surface area contributed by atoms with E-state index in [0.717, 1.165) is 4.57 Å². The molecule has 0 radical (unpaired) electrons. The first-order valence-corrected chi connectivity index (χ1v) is 9.72. The Bertz CT molecular complexity index is 1070. The molecule has 14 heteroatoms. The van der Waals surface area contributed by atoms with Gasteiger partial charge in [0.1, 0.15) is 12.3 Å². The molecule has 156 valence electrons. The van der Waals surface area contributed by atoms with Gasteiger partial charge in [0.15, 0.2) is 0 Å². The third-order valence-electron chi connectivity index (χ3n) is 4.28. The molecular weight excluding hydrogens is 413 g/mol. The number of phosphoric ester groups is 1. The summed E-state index contributed by atoms with van der Waals surface area (Å²) >= 11 is 0. The van der Waals surface area contributed by atoms with Gasteiger partial charge in [-0.05, 0) is 17.7 Å². The molecule has 1 aliphatic rings. The first kappa shape index (κ1) is 21.0. The number of nitrogens with one attached hydrogen (secondary N) is 1. The van der Waals surface area contributed by atoms with Gasteiger partial charge in [0.25, 0.3) is 11.2 Å². The van der Waals surface area contributed by atoms with Crippen LogP contribution in [0.15, 0.2) is 40.1 Å². The monoisotopic (exact) mass is 429 g/mol. The molecule has 0 amide bonds. The lowest BCUT2D eigenvalue weighted by atomic mass is 10.1. The molecule has 3 rings (SSSR count). The minimum absolute atomic E-state index is 0.0347. The van der Waals surface area contributed by atoms with Crippen molar-refractivity contribution < 1.29 is 33.6 Å². The number of aliphatic hydroxyl groups excluding tert-OH is 1. The van der Waals surface area contributed by atoms with Crippen molar-refractivity contribution in [1.29, 1.82) is 0 Å². The van der Waals surface area contributed by atoms with Crippen molar-refractivity contribution in [2.45, 2.75) is 24.9 Å². The standard InChI is InChI=1S/C15H16N3O10P/c19-11-5-13(28-12(11)7-27-29(24,25)26)17-6-10(14(20)16-15(17)21)8-1-3-9(4-2-8)18(22)23/h1-4,6,11-13,19H,5,7H2,(H,16,20,21)(H2,24,25,26). The van der Waals surface area contributed by atoms with Crippen LogP contribution in [0.5, 0.6) is 0 Å². The molecule has 2 aromatic rings. The minimum atomic E-state index is -4.77. The van der Waals surface area contributed by atoms with Crippen molar-refractivity contribution in [2.24, 2.45) is 0 Å². The van der Waals surface area contributed by atoms with Crippen LogP contribution in [0, 0.1) is 10.1 Å². The van der Waals surface area contributed by atoms with Crippen molar-refractivity contribution in [3.63, 3.8) is 0 Å². The van der Waals surface area contributed by atoms with E-state index in [-0.39, 0.29) is 17.7 Å². The first-order chi connectivity index (χ1) is 13.5. The predicted octanol–water partition coefficient (Wildman–Crippen LogP) is -0.130. The summed E-state index contributed by atoms with van der Waals surface area (Å²) in [7, 11) is -4.77. The molecule has 0 bridgehead atoms. The van der Waals surface area contributed by atoms with Crippen molar-refractivity contribution in [3.05, 3.63) is 61.4 Å². The van der Waals surface area contributed by atoms with Crippen LogP contribution in [0.4, 0.5) is 5.69 Å². The van der Waals surface area contributed by atoms with Crippen LogP contribution < -0.4 is 11.2 Å². The third kappa shape index (κ3) is 4.85. The molecule has 4 N–H and O–H groups in total. The number of hydrogen-bond donors (Lipinski definition) is 4. The molecular formula is C15H16N3O10P. The molecule has 3 unspecified atom stereocenters. The van der Waals surface area contributed by atoms with Gasteiger partial charge in [-0.15, -0.1) is 0 Å². The summed E-state index contributed by atoms with van der Waals surface area (Å²) in [4.78, 5) is 54.1. The number of aromatic amines is 1. The van der Waals surface area contributed by atoms with Gasteiger partial charge in [-0.2, -0.15) is 0 Å². The van der Waals surface area contributed by atoms with Gasteiger partial charge < -0.3 is 19.6 Å². The third-order valence-corrected chi connectivity index (χ3v) is 4.76. The van der Waals surface area contributed by atoms with E-state index in [1.54, 1.807) is 0 Å². The highest BCUT2D eigenvalue weighted by molar-refractivity contribution is 7.46. The Balaban J connectivity index is 1.88. The zero-order chi connectivity index (χ0) is 21.3. The fourth-order valence-corrected chi connectivity index (χ4v) is 3.22. The van der Waals surface area contributed by atoms with E-state index in [1.165, 1.54) is 30.5 Å². The number of phosphoric acid groups is 1. The number of hydrogen-bond acceptors (Lipinski definition) is 8. The first-order valence-electron chi connectivity index (χ1n) is 8.19. The summed E-state index contributed by atoms with van der Waals surface area (Å²) in [6, 6.07) is 5.10. The van der Waals surface area contributed by atoms with Gasteiger partial charge in [0.2, 0.25) is 0 Å². The van der Waals surface area contributed by atoms with E-state index < -0.39 is 49.0 Å². The van der Waals surface area contributed by atoms with E-state index in [2.05, 4.69) is 9.51 Å². The average molecular weight is 429 g/mol. The number of ether oxygens (including phenoxy) is 1. The summed E-state index contributed by atoms with van der Waals surface area (Å²) in [5, 5.41) is 20.8. The molecule has 29 heavy (non-hydrogen) atoms. The largest absolute Gasteiger partial charge is 0.469 e. The zero-order valence-corrected chi connectivity index (χ0v) is 15.5. The van der Waals surface area contributed by atoms with Crippen LogP contribution in [0.1, 0.15) is 12.6 Å². The van der Waals surface area contributed by atoms with Gasteiger partial charge in [-0.3, -0.25) is 29.0 Å². The molecule has 1 aromatic heterocycles. The Kier molecular flexibility index (Phi) is 5.80. The quantitative estimate of drug-likeness (QED) is 0.273. The Morgan fingerprint density at radius 3 is 2.55 bits per heavy atom. The lowest BCUT2D eigenvalue weighted by molar-refractivity contribution is -0.384. The molecule has 1 aromatic carbocycles. The van der Waals surface area contributed by atoms with E-state index >= 15 is 0 Å². The molecule has 0 spiro atoms. The Morgan fingerprint density at radius 2 is 1.97 bits per heavy atom. The average Bonchev–Trinajstić information content (AvgIpc) is 3.00. The van der Waals surface area contributed by atoms with Crippen molar-refractivity contribution in [3.8, 4) is 11.1 Å². The second-order valence-corrected chi connectivity index (χ2v) is 7.47. The molecule has 1 fully saturated rings. The summed E-state index contributed by atoms with van der Waals surface area (Å²) in [5.74, 6) is 0. The van der Waals surface area contributed by atoms with E-state index in [4.69, 9.17) is 14.5 Å². The normalized spacial score (nSPS) is 22.0. The maximum atomic E-state index is 12.2. The smallest absolute Gasteiger partial charge is 0.390 e. The number of aliphatic hydroxyl groups is 1. The van der Waals surface area contributed by atoms with E-state index in [0.29, 0.717) is 5.56 Å². The summed E-state index contributed by atoms with van der Waals surface area (Å²) in [6.07, 6.45) is -2.22. The topological polar surface area (TPSA) is 194 Å². The van der Waals surface area contributed by atoms with Crippen LogP contribution in [0.3, 0.4) is 0 Å². The summed E-state index contributed by atoms with van der Waals surface area (Å²) in [5.41, 5.74) is -1.37. The second-order valence-electron chi connectivity index (χ2n) is 6.23. The number of non-ortho nitro benzene ring substituents is 1. The van der Waals surface area contributed by atoms with Gasteiger partial charge in [-0.25, -0.2) is 9.36 Å². The van der Waals surface area contributed by atoms with Crippen LogP contribution in [-0.4, -0.2) is 48.2 Å². The highest BCUT2D eigenvalue weighted by Gasteiger charge is 2.37. The Labute approximate surface area is 161 Å². The number of benzene rings is 1. The SMILES string of the molecule is O=c1[nH]c(=O)n(C2CC(O)C(COP(=O)(O)O)O2)cc1-c1ccc([N+](=O)[O-])cc1. The number of nitrogens with zero attached hydrogens (tertiary/aromatic N) is 2. The van der Waals surface area contributed by atoms with E-state index in [9.17, 15) is 29.4 Å². The van der Waals surface area contributed by atoms with Gasteiger partial charge in [0.05, 0.1) is 23.2 Å². The zero-order valence-electron chi connectivity index (χ0n) is 14.6. The fourth-order valence-electron chi connectivity index (χ4n) is 2.87. The lowest BCUT2D eigenvalue weighted by Crippen LogP contribution is -2.33. The van der Waals surface area contributed by atoms with E-state index in [1.807, 2.05) is 0 Å². The lowest BCUT2D eigenvalue weighted by Gasteiger charge is -2.17. The second kappa shape index (κ2) is 7.99. The molecule has 0 saturated carbocycles. The highest BCUT2D eigenvalue weighted by atomic mass is 31.2. The van der Waals surface area contributed by atoms with Gasteiger partial charge in [0, 0.05) is 24.8 Å². The highest BCUT2D eigenvalue weighted by Crippen LogP contribution is 2.38. The molecule has 0 aliphatic carbocycles. The molecule has 13 nitrogen and oxygen atoms in total. The summed E-state index contributed by atoms with van der Waals surface area (Å²) < 4.78 is 21.6. The van der Waals surface area contributed by atoms with Crippen molar-refractivity contribution in [2.75, 3.05) is 6.61 Å². The molecule has 2 heterocycles. The Hall–Kier alpha value is -2.67. The fraction of sp³-hybridized carbons (Fsp3) is 0.333. The van der Waals surface area contributed by atoms with Gasteiger partial charge in [-0.1, -0.05) is 0 Å². The number of nitro benzene ring substituents is 1. The van der Waals surface area contributed by atoms with Crippen LogP contribution in [0.25, 0.3) is 11.1 Å².